The maximum atomic E-state index is 13.2. The summed E-state index contributed by atoms with van der Waals surface area (Å²) < 4.78 is 42.3. The highest BCUT2D eigenvalue weighted by Gasteiger charge is 2.28. The quantitative estimate of drug-likeness (QED) is 0.378. The fourth-order valence-electron chi connectivity index (χ4n) is 3.26. The van der Waals surface area contributed by atoms with Crippen molar-refractivity contribution >= 4 is 56.0 Å². The molecule has 0 saturated carbocycles. The normalized spacial score (nSPS) is 12.4. The van der Waals surface area contributed by atoms with Gasteiger partial charge in [0, 0.05) is 5.69 Å². The highest BCUT2D eigenvalue weighted by atomic mass is 35.5. The Bertz CT molecular complexity index is 1390. The number of hydrogen-bond donors (Lipinski definition) is 2. The summed E-state index contributed by atoms with van der Waals surface area (Å²) in [5.74, 6) is -0.0755. The van der Waals surface area contributed by atoms with Gasteiger partial charge in [-0.15, -0.1) is 0 Å². The number of nitrogens with zero attached hydrogens (tertiary/aromatic N) is 2. The molecule has 1 atom stereocenters. The van der Waals surface area contributed by atoms with Gasteiger partial charge in [0.25, 0.3) is 0 Å². The lowest BCUT2D eigenvalue weighted by Gasteiger charge is -2.19. The van der Waals surface area contributed by atoms with Crippen molar-refractivity contribution in [3.63, 3.8) is 0 Å². The molecular formula is C22H19ClN4O4S2. The van der Waals surface area contributed by atoms with E-state index in [0.717, 1.165) is 17.3 Å². The fourth-order valence-corrected chi connectivity index (χ4v) is 5.48. The zero-order valence-corrected chi connectivity index (χ0v) is 19.7. The van der Waals surface area contributed by atoms with E-state index in [4.69, 9.17) is 16.3 Å². The molecule has 170 valence electrons. The summed E-state index contributed by atoms with van der Waals surface area (Å²) >= 11 is 7.08. The zero-order chi connectivity index (χ0) is 23.4. The Morgan fingerprint density at radius 2 is 1.88 bits per heavy atom. The van der Waals surface area contributed by atoms with Gasteiger partial charge in [0.1, 0.15) is 27.7 Å². The molecule has 0 aliphatic rings. The molecular weight excluding hydrogens is 484 g/mol. The van der Waals surface area contributed by atoms with Crippen LogP contribution in [0.4, 0.5) is 5.69 Å². The van der Waals surface area contributed by atoms with Gasteiger partial charge in [0.05, 0.1) is 23.9 Å². The van der Waals surface area contributed by atoms with Crippen molar-refractivity contribution in [2.24, 2.45) is 0 Å². The number of benzene rings is 3. The number of hydrogen-bond acceptors (Lipinski definition) is 7. The molecule has 2 N–H and O–H groups in total. The van der Waals surface area contributed by atoms with Crippen molar-refractivity contribution in [3.8, 4) is 5.75 Å². The lowest BCUT2D eigenvalue weighted by molar-refractivity contribution is -0.117. The number of rotatable bonds is 8. The molecule has 0 spiro atoms. The third-order valence-electron chi connectivity index (χ3n) is 4.85. The molecule has 3 aromatic carbocycles. The van der Waals surface area contributed by atoms with Crippen LogP contribution in [0, 0.1) is 0 Å². The molecule has 33 heavy (non-hydrogen) atoms. The minimum Gasteiger partial charge on any atom is -0.495 e. The minimum atomic E-state index is -4.08. The van der Waals surface area contributed by atoms with Gasteiger partial charge in [0.2, 0.25) is 15.9 Å². The number of carbonyl (C=O) groups is 1. The van der Waals surface area contributed by atoms with Crippen LogP contribution in [0.5, 0.6) is 5.75 Å². The highest BCUT2D eigenvalue weighted by molar-refractivity contribution is 7.89. The number of nitrogens with one attached hydrogen (secondary N) is 2. The van der Waals surface area contributed by atoms with Gasteiger partial charge in [0.15, 0.2) is 0 Å². The summed E-state index contributed by atoms with van der Waals surface area (Å²) in [5, 5.41) is 3.05. The summed E-state index contributed by atoms with van der Waals surface area (Å²) in [6.45, 7) is 0. The van der Waals surface area contributed by atoms with Gasteiger partial charge in [-0.1, -0.05) is 48.0 Å². The smallest absolute Gasteiger partial charge is 0.243 e. The first-order chi connectivity index (χ1) is 15.9. The number of halogens is 1. The molecule has 0 aliphatic heterocycles. The summed E-state index contributed by atoms with van der Waals surface area (Å²) in [5.41, 5.74) is 1.94. The monoisotopic (exact) mass is 502 g/mol. The van der Waals surface area contributed by atoms with Gasteiger partial charge < -0.3 is 10.1 Å². The highest BCUT2D eigenvalue weighted by Crippen LogP contribution is 2.27. The number of carbonyl (C=O) groups excluding carboxylic acids is 1. The molecule has 1 aromatic heterocycles. The van der Waals surface area contributed by atoms with Gasteiger partial charge in [-0.25, -0.2) is 8.42 Å². The molecule has 0 saturated heterocycles. The van der Waals surface area contributed by atoms with Crippen molar-refractivity contribution in [3.05, 3.63) is 77.3 Å². The van der Waals surface area contributed by atoms with E-state index >= 15 is 0 Å². The lowest BCUT2D eigenvalue weighted by atomic mass is 10.1. The van der Waals surface area contributed by atoms with E-state index < -0.39 is 22.0 Å². The largest absolute Gasteiger partial charge is 0.495 e. The van der Waals surface area contributed by atoms with Gasteiger partial charge in [-0.2, -0.15) is 13.5 Å². The van der Waals surface area contributed by atoms with Crippen molar-refractivity contribution in [2.45, 2.75) is 17.4 Å². The topological polar surface area (TPSA) is 110 Å². The number of aromatic nitrogens is 2. The molecule has 4 aromatic rings. The number of methoxy groups -OCH3 is 1. The molecule has 1 heterocycles. The van der Waals surface area contributed by atoms with Crippen molar-refractivity contribution < 1.29 is 17.9 Å². The number of amides is 1. The number of ether oxygens (including phenoxy) is 1. The summed E-state index contributed by atoms with van der Waals surface area (Å²) in [6, 6.07) is 17.5. The van der Waals surface area contributed by atoms with E-state index in [1.165, 1.54) is 19.2 Å². The first kappa shape index (κ1) is 23.1. The van der Waals surface area contributed by atoms with Crippen LogP contribution >= 0.6 is 23.3 Å². The zero-order valence-electron chi connectivity index (χ0n) is 17.4. The molecule has 0 aliphatic carbocycles. The Morgan fingerprint density at radius 1 is 1.09 bits per heavy atom. The van der Waals surface area contributed by atoms with Crippen LogP contribution < -0.4 is 14.8 Å². The molecule has 11 heteroatoms. The second kappa shape index (κ2) is 9.84. The molecule has 0 bridgehead atoms. The van der Waals surface area contributed by atoms with Crippen LogP contribution in [0.3, 0.4) is 0 Å². The van der Waals surface area contributed by atoms with Gasteiger partial charge in [-0.3, -0.25) is 4.79 Å². The van der Waals surface area contributed by atoms with E-state index in [1.807, 2.05) is 30.3 Å². The average molecular weight is 503 g/mol. The van der Waals surface area contributed by atoms with E-state index in [1.54, 1.807) is 24.3 Å². The second-order valence-corrected chi connectivity index (χ2v) is 9.71. The van der Waals surface area contributed by atoms with Gasteiger partial charge in [-0.05, 0) is 42.3 Å². The van der Waals surface area contributed by atoms with Crippen LogP contribution in [-0.2, 0) is 21.2 Å². The van der Waals surface area contributed by atoms with Crippen LogP contribution in [0.15, 0.2) is 71.6 Å². The Morgan fingerprint density at radius 3 is 2.61 bits per heavy atom. The SMILES string of the molecule is COc1ccc(NC(=O)[C@@H](Cc2ccccc2)NS(=O)(=O)c2cccc3nsnc23)cc1Cl. The summed E-state index contributed by atoms with van der Waals surface area (Å²) in [6.07, 6.45) is 0.140. The minimum absolute atomic E-state index is 0.0351. The first-order valence-electron chi connectivity index (χ1n) is 9.79. The predicted molar refractivity (Wildman–Crippen MR) is 128 cm³/mol. The average Bonchev–Trinajstić information content (AvgIpc) is 3.28. The molecule has 1 amide bonds. The Balaban J connectivity index is 1.64. The second-order valence-electron chi connectivity index (χ2n) is 7.09. The molecule has 0 unspecified atom stereocenters. The molecule has 4 rings (SSSR count). The molecule has 8 nitrogen and oxygen atoms in total. The Hall–Kier alpha value is -3.05. The van der Waals surface area contributed by atoms with E-state index in [0.29, 0.717) is 22.0 Å². The summed E-state index contributed by atoms with van der Waals surface area (Å²) in [4.78, 5) is 13.1. The maximum absolute atomic E-state index is 13.2. The Labute approximate surface area is 199 Å². The van der Waals surface area contributed by atoms with Crippen molar-refractivity contribution in [1.82, 2.24) is 13.5 Å². The van der Waals surface area contributed by atoms with Gasteiger partial charge >= 0.3 is 0 Å². The van der Waals surface area contributed by atoms with Crippen molar-refractivity contribution in [2.75, 3.05) is 12.4 Å². The molecule has 0 fully saturated rings. The number of anilines is 1. The van der Waals surface area contributed by atoms with Crippen molar-refractivity contribution in [1.29, 1.82) is 0 Å². The maximum Gasteiger partial charge on any atom is 0.243 e. The third-order valence-corrected chi connectivity index (χ3v) is 7.20. The van der Waals surface area contributed by atoms with E-state index in [-0.39, 0.29) is 16.8 Å². The molecule has 0 radical (unpaired) electrons. The number of sulfonamides is 1. The van der Waals surface area contributed by atoms with Crippen LogP contribution in [-0.4, -0.2) is 36.2 Å². The standard InChI is InChI=1S/C22H19ClN4O4S2/c1-31-19-11-10-15(13-16(19)23)24-22(28)18(12-14-6-3-2-4-7-14)27-33(29,30)20-9-5-8-17-21(20)26-32-25-17/h2-11,13,18,27H,12H2,1H3,(H,24,28)/t18-/m1/s1. The van der Waals surface area contributed by atoms with Crippen LogP contribution in [0.2, 0.25) is 5.02 Å². The third kappa shape index (κ3) is 5.31. The van der Waals surface area contributed by atoms with E-state index in [9.17, 15) is 13.2 Å². The van der Waals surface area contributed by atoms with E-state index in [2.05, 4.69) is 18.8 Å². The predicted octanol–water partition coefficient (Wildman–Crippen LogP) is 3.88. The fraction of sp³-hybridized carbons (Fsp3) is 0.136. The first-order valence-corrected chi connectivity index (χ1v) is 12.4. The Kier molecular flexibility index (Phi) is 6.89. The van der Waals surface area contributed by atoms with Crippen LogP contribution in [0.25, 0.3) is 11.0 Å². The van der Waals surface area contributed by atoms with Crippen LogP contribution in [0.1, 0.15) is 5.56 Å². The summed E-state index contributed by atoms with van der Waals surface area (Å²) in [7, 11) is -2.60. The lowest BCUT2D eigenvalue weighted by Crippen LogP contribution is -2.45. The number of fused-ring (bicyclic) bond motifs is 1.